The van der Waals surface area contributed by atoms with Gasteiger partial charge in [0.15, 0.2) is 5.75 Å². The Labute approximate surface area is 98.0 Å². The Kier molecular flexibility index (Phi) is 5.32. The zero-order chi connectivity index (χ0) is 12.0. The lowest BCUT2D eigenvalue weighted by atomic mass is 10.1. The molecule has 1 rings (SSSR count). The number of hydrogen-bond acceptors (Lipinski definition) is 3. The molecule has 0 fully saturated rings. The molecule has 0 aliphatic rings. The van der Waals surface area contributed by atoms with Gasteiger partial charge in [0, 0.05) is 12.6 Å². The Balaban J connectivity index is 2.70. The van der Waals surface area contributed by atoms with E-state index >= 15 is 0 Å². The van der Waals surface area contributed by atoms with Crippen LogP contribution in [-0.4, -0.2) is 30.0 Å². The Bertz CT molecular complexity index is 309. The predicted molar refractivity (Wildman–Crippen MR) is 65.9 cm³/mol. The summed E-state index contributed by atoms with van der Waals surface area (Å²) in [6.45, 7) is 5.31. The first-order valence-electron chi connectivity index (χ1n) is 5.98. The molecule has 0 aliphatic carbocycles. The lowest BCUT2D eigenvalue weighted by Crippen LogP contribution is -2.22. The van der Waals surface area contributed by atoms with Gasteiger partial charge in [0.05, 0.1) is 19.0 Å². The van der Waals surface area contributed by atoms with Crippen molar-refractivity contribution in [1.29, 1.82) is 0 Å². The SMILES string of the molecule is CCCn1ncc(OC)c1CCC(C)NC. The second-order valence-corrected chi connectivity index (χ2v) is 4.11. The Morgan fingerprint density at radius 1 is 1.56 bits per heavy atom. The quantitative estimate of drug-likeness (QED) is 0.769. The van der Waals surface area contributed by atoms with E-state index in [1.807, 2.05) is 13.2 Å². The minimum absolute atomic E-state index is 0.523. The fourth-order valence-corrected chi connectivity index (χ4v) is 1.72. The maximum Gasteiger partial charge on any atom is 0.159 e. The molecule has 4 nitrogen and oxygen atoms in total. The van der Waals surface area contributed by atoms with Gasteiger partial charge in [-0.05, 0) is 33.2 Å². The predicted octanol–water partition coefficient (Wildman–Crippen LogP) is 1.84. The topological polar surface area (TPSA) is 39.1 Å². The van der Waals surface area contributed by atoms with Crippen molar-refractivity contribution in [3.63, 3.8) is 0 Å². The molecule has 1 unspecified atom stereocenters. The highest BCUT2D eigenvalue weighted by Crippen LogP contribution is 2.20. The van der Waals surface area contributed by atoms with Crippen LogP contribution in [0.25, 0.3) is 0 Å². The molecule has 0 amide bonds. The summed E-state index contributed by atoms with van der Waals surface area (Å²) in [7, 11) is 3.70. The molecule has 0 spiro atoms. The monoisotopic (exact) mass is 225 g/mol. The summed E-state index contributed by atoms with van der Waals surface area (Å²) in [6, 6.07) is 0.523. The van der Waals surface area contributed by atoms with Crippen molar-refractivity contribution in [1.82, 2.24) is 15.1 Å². The molecule has 4 heteroatoms. The van der Waals surface area contributed by atoms with Gasteiger partial charge in [-0.15, -0.1) is 0 Å². The van der Waals surface area contributed by atoms with Crippen LogP contribution in [0.3, 0.4) is 0 Å². The highest BCUT2D eigenvalue weighted by atomic mass is 16.5. The van der Waals surface area contributed by atoms with Crippen LogP contribution < -0.4 is 10.1 Å². The van der Waals surface area contributed by atoms with Gasteiger partial charge in [-0.25, -0.2) is 0 Å². The van der Waals surface area contributed by atoms with Crippen LogP contribution in [-0.2, 0) is 13.0 Å². The second-order valence-electron chi connectivity index (χ2n) is 4.11. The number of aryl methyl sites for hydroxylation is 1. The average molecular weight is 225 g/mol. The lowest BCUT2D eigenvalue weighted by Gasteiger charge is -2.12. The number of ether oxygens (including phenoxy) is 1. The maximum absolute atomic E-state index is 5.33. The summed E-state index contributed by atoms with van der Waals surface area (Å²) in [5.41, 5.74) is 1.21. The van der Waals surface area contributed by atoms with Gasteiger partial charge < -0.3 is 10.1 Å². The minimum Gasteiger partial charge on any atom is -0.493 e. The van der Waals surface area contributed by atoms with Crippen LogP contribution in [0, 0.1) is 0 Å². The van der Waals surface area contributed by atoms with Crippen molar-refractivity contribution in [2.24, 2.45) is 0 Å². The van der Waals surface area contributed by atoms with Gasteiger partial charge in [0.25, 0.3) is 0 Å². The first kappa shape index (κ1) is 13.0. The standard InChI is InChI=1S/C12H23N3O/c1-5-8-15-11(7-6-10(2)13-3)12(16-4)9-14-15/h9-10,13H,5-8H2,1-4H3. The third kappa shape index (κ3) is 3.23. The van der Waals surface area contributed by atoms with Crippen molar-refractivity contribution in [2.45, 2.75) is 45.7 Å². The summed E-state index contributed by atoms with van der Waals surface area (Å²) < 4.78 is 7.39. The average Bonchev–Trinajstić information content (AvgIpc) is 2.69. The first-order chi connectivity index (χ1) is 7.72. The molecule has 0 saturated carbocycles. The highest BCUT2D eigenvalue weighted by Gasteiger charge is 2.11. The van der Waals surface area contributed by atoms with Crippen LogP contribution in [0.15, 0.2) is 6.20 Å². The molecule has 1 atom stereocenters. The normalized spacial score (nSPS) is 12.8. The van der Waals surface area contributed by atoms with Gasteiger partial charge in [-0.1, -0.05) is 6.92 Å². The van der Waals surface area contributed by atoms with Crippen LogP contribution in [0.4, 0.5) is 0 Å². The number of nitrogens with one attached hydrogen (secondary N) is 1. The number of hydrogen-bond donors (Lipinski definition) is 1. The smallest absolute Gasteiger partial charge is 0.159 e. The summed E-state index contributed by atoms with van der Waals surface area (Å²) in [6.07, 6.45) is 5.02. The van der Waals surface area contributed by atoms with Crippen molar-refractivity contribution >= 4 is 0 Å². The summed E-state index contributed by atoms with van der Waals surface area (Å²) in [5.74, 6) is 0.914. The van der Waals surface area contributed by atoms with Crippen molar-refractivity contribution < 1.29 is 4.74 Å². The van der Waals surface area contributed by atoms with E-state index in [-0.39, 0.29) is 0 Å². The third-order valence-corrected chi connectivity index (χ3v) is 2.87. The highest BCUT2D eigenvalue weighted by molar-refractivity contribution is 5.25. The Hall–Kier alpha value is -1.03. The molecule has 1 N–H and O–H groups in total. The summed E-state index contributed by atoms with van der Waals surface area (Å²) >= 11 is 0. The number of rotatable bonds is 7. The van der Waals surface area contributed by atoms with Crippen LogP contribution >= 0.6 is 0 Å². The van der Waals surface area contributed by atoms with E-state index in [1.54, 1.807) is 7.11 Å². The van der Waals surface area contributed by atoms with Gasteiger partial charge in [0.2, 0.25) is 0 Å². The lowest BCUT2D eigenvalue weighted by molar-refractivity contribution is 0.404. The fraction of sp³-hybridized carbons (Fsp3) is 0.750. The maximum atomic E-state index is 5.33. The molecule has 0 aromatic carbocycles. The van der Waals surface area contributed by atoms with E-state index in [2.05, 4.69) is 28.9 Å². The molecular weight excluding hydrogens is 202 g/mol. The van der Waals surface area contributed by atoms with Crippen LogP contribution in [0.2, 0.25) is 0 Å². The summed E-state index contributed by atoms with van der Waals surface area (Å²) in [5, 5.41) is 7.60. The molecule has 0 saturated heterocycles. The zero-order valence-corrected chi connectivity index (χ0v) is 10.8. The third-order valence-electron chi connectivity index (χ3n) is 2.87. The molecule has 0 radical (unpaired) electrons. The van der Waals surface area contributed by atoms with E-state index in [0.717, 1.165) is 31.6 Å². The number of aromatic nitrogens is 2. The van der Waals surface area contributed by atoms with Gasteiger partial charge in [-0.2, -0.15) is 5.10 Å². The van der Waals surface area contributed by atoms with Crippen molar-refractivity contribution in [2.75, 3.05) is 14.2 Å². The van der Waals surface area contributed by atoms with Crippen molar-refractivity contribution in [3.05, 3.63) is 11.9 Å². The van der Waals surface area contributed by atoms with Crippen LogP contribution in [0.1, 0.15) is 32.4 Å². The zero-order valence-electron chi connectivity index (χ0n) is 10.8. The van der Waals surface area contributed by atoms with E-state index in [9.17, 15) is 0 Å². The van der Waals surface area contributed by atoms with E-state index in [1.165, 1.54) is 5.69 Å². The minimum atomic E-state index is 0.523. The van der Waals surface area contributed by atoms with Crippen molar-refractivity contribution in [3.8, 4) is 5.75 Å². The summed E-state index contributed by atoms with van der Waals surface area (Å²) in [4.78, 5) is 0. The number of nitrogens with zero attached hydrogens (tertiary/aromatic N) is 2. The van der Waals surface area contributed by atoms with Gasteiger partial charge >= 0.3 is 0 Å². The molecule has 1 heterocycles. The molecule has 0 aliphatic heterocycles. The molecule has 1 aromatic heterocycles. The molecule has 1 aromatic rings. The fourth-order valence-electron chi connectivity index (χ4n) is 1.72. The largest absolute Gasteiger partial charge is 0.493 e. The molecule has 92 valence electrons. The van der Waals surface area contributed by atoms with E-state index < -0.39 is 0 Å². The molecular formula is C12H23N3O. The molecule has 0 bridgehead atoms. The van der Waals surface area contributed by atoms with Gasteiger partial charge in [-0.3, -0.25) is 4.68 Å². The first-order valence-corrected chi connectivity index (χ1v) is 5.98. The Morgan fingerprint density at radius 3 is 2.88 bits per heavy atom. The van der Waals surface area contributed by atoms with Gasteiger partial charge in [0.1, 0.15) is 0 Å². The Morgan fingerprint density at radius 2 is 2.31 bits per heavy atom. The van der Waals surface area contributed by atoms with E-state index in [0.29, 0.717) is 6.04 Å². The second kappa shape index (κ2) is 6.53. The molecule has 16 heavy (non-hydrogen) atoms. The van der Waals surface area contributed by atoms with E-state index in [4.69, 9.17) is 4.74 Å². The van der Waals surface area contributed by atoms with Crippen LogP contribution in [0.5, 0.6) is 5.75 Å². The number of methoxy groups -OCH3 is 1.